The van der Waals surface area contributed by atoms with Gasteiger partial charge in [-0.15, -0.1) is 0 Å². The summed E-state index contributed by atoms with van der Waals surface area (Å²) in [5.74, 6) is -24.5. The smallest absolute Gasteiger partial charge is 0.326 e. The van der Waals surface area contributed by atoms with Crippen molar-refractivity contribution < 1.29 is 131 Å². The van der Waals surface area contributed by atoms with Gasteiger partial charge in [0.25, 0.3) is 5.97 Å². The molecule has 19 atom stereocenters. The van der Waals surface area contributed by atoms with Gasteiger partial charge in [0.2, 0.25) is 100 Å². The zero-order valence-electron chi connectivity index (χ0n) is 80.1. The highest BCUT2D eigenvalue weighted by molar-refractivity contribution is 6.02. The van der Waals surface area contributed by atoms with Gasteiger partial charge in [0, 0.05) is 32.7 Å². The van der Waals surface area contributed by atoms with Gasteiger partial charge in [-0.1, -0.05) is 66.5 Å². The number of phenols is 1. The highest BCUT2D eigenvalue weighted by Crippen LogP contribution is 2.18. The maximum Gasteiger partial charge on any atom is 0.326 e. The molecule has 0 fully saturated rings. The highest BCUT2D eigenvalue weighted by Gasteiger charge is 2.40. The van der Waals surface area contributed by atoms with Gasteiger partial charge in [-0.2, -0.15) is 0 Å². The predicted molar refractivity (Wildman–Crippen MR) is 495 cm³/mol. The second-order valence-electron chi connectivity index (χ2n) is 34.3. The van der Waals surface area contributed by atoms with Crippen molar-refractivity contribution in [2.75, 3.05) is 26.2 Å². The first-order chi connectivity index (χ1) is 64.0. The number of carboxylic acid groups (broad SMARTS) is 4. The second kappa shape index (κ2) is 65.6. The number of nitrogens with two attached hydrogens (primary N) is 6. The van der Waals surface area contributed by atoms with Crippen LogP contribution in [0.15, 0.2) is 24.3 Å². The number of carbonyl (C=O) groups excluding carboxylic acids is 17. The molecule has 0 aliphatic carbocycles. The van der Waals surface area contributed by atoms with Crippen LogP contribution >= 0.6 is 0 Å². The van der Waals surface area contributed by atoms with E-state index in [4.69, 9.17) is 49.7 Å². The van der Waals surface area contributed by atoms with Crippen molar-refractivity contribution in [3.63, 3.8) is 0 Å². The maximum atomic E-state index is 14.8. The number of rotatable bonds is 66. The number of aromatic hydroxyl groups is 1. The molecule has 0 spiro atoms. The van der Waals surface area contributed by atoms with Crippen molar-refractivity contribution in [3.8, 4) is 5.75 Å². The first-order valence-electron chi connectivity index (χ1n) is 45.4. The van der Waals surface area contributed by atoms with Crippen LogP contribution in [0.25, 0.3) is 0 Å². The van der Waals surface area contributed by atoms with Gasteiger partial charge >= 0.3 is 17.9 Å². The zero-order chi connectivity index (χ0) is 105. The summed E-state index contributed by atoms with van der Waals surface area (Å²) in [5, 5.41) is 107. The van der Waals surface area contributed by atoms with Crippen LogP contribution in [0.5, 0.6) is 5.75 Å². The first-order valence-corrected chi connectivity index (χ1v) is 45.4. The van der Waals surface area contributed by atoms with Gasteiger partial charge in [0.15, 0.2) is 5.96 Å². The Balaban J connectivity index is 0.0000453. The van der Waals surface area contributed by atoms with E-state index in [1.807, 2.05) is 0 Å². The van der Waals surface area contributed by atoms with E-state index in [0.29, 0.717) is 44.2 Å². The lowest BCUT2D eigenvalue weighted by Crippen LogP contribution is -2.61. The lowest BCUT2D eigenvalue weighted by Gasteiger charge is -2.29. The van der Waals surface area contributed by atoms with Crippen LogP contribution in [0, 0.1) is 23.2 Å². The number of guanidine groups is 1. The summed E-state index contributed by atoms with van der Waals surface area (Å²) in [6.45, 7) is 18.9. The van der Waals surface area contributed by atoms with Crippen LogP contribution in [0.3, 0.4) is 0 Å². The number of primary amides is 1. The largest absolute Gasteiger partial charge is 0.508 e. The molecule has 17 amide bonds. The molecular formula is C86H148N24O27. The van der Waals surface area contributed by atoms with Gasteiger partial charge in [0.05, 0.1) is 18.6 Å². The van der Waals surface area contributed by atoms with E-state index in [0.717, 1.165) is 20.8 Å². The summed E-state index contributed by atoms with van der Waals surface area (Å²) in [6, 6.07) is -20.6. The summed E-state index contributed by atoms with van der Waals surface area (Å²) < 4.78 is 0. The van der Waals surface area contributed by atoms with E-state index < -0.39 is 283 Å². The third kappa shape index (κ3) is 51.5. The van der Waals surface area contributed by atoms with Crippen LogP contribution in [-0.2, 0) is 107 Å². The number of carboxylic acids is 4. The van der Waals surface area contributed by atoms with Crippen molar-refractivity contribution in [3.05, 3.63) is 29.8 Å². The Kier molecular flexibility index (Phi) is 59.4. The van der Waals surface area contributed by atoms with Gasteiger partial charge in [-0.05, 0) is 187 Å². The number of phenolic OH excluding ortho intramolecular Hbond substituents is 1. The van der Waals surface area contributed by atoms with Crippen LogP contribution in [0.1, 0.15) is 218 Å². The van der Waals surface area contributed by atoms with E-state index >= 15 is 0 Å². The molecule has 0 aromatic heterocycles. The fourth-order valence-corrected chi connectivity index (χ4v) is 13.0. The standard InChI is InChI=1S/C84H144N24O25.C2H4O2/c1-13-43(6)65(107-80(129)59(38-42(4)5)106-79(128)61(40-64(114)115)104-69(118)45(8)94-73(122)54(24-20-36-92-84(90)91)99-76(125)56(30-32-63(112)113)98-67(116)44(7)93-72(121)52(88)21-14-17-33-85)81(130)96-47(10)70(119)103-60(39-50-25-27-51(110)28-26-50)78(127)105-58(37-41(2)3)77(126)100-53(22-15-18-34-86)75(124)101-55(29-31-62(89)111)74(123)95-48(11)71(120)108-66(49(12)109)82(131)97-46(9)68(117)102-57(83(132)133)23-16-19-35-87;1-2(3)4/h25-28,41-49,52-61,65-66,109-110H,13-24,29-40,85-88H2,1-12H3,(H2,89,111)(H,93,121)(H,94,122)(H,95,123)(H,96,130)(H,97,131)(H,98,116)(H,99,125)(H,100,126)(H,101,124)(H,102,117)(H,103,119)(H,104,118)(H,105,127)(H,106,128)(H,107,129)(H,108,120)(H,112,113)(H,114,115)(H,132,133)(H4,90,91,92);1H3,(H,3,4)/t43-,44-,45-,46-,47-,48-,49+,52-,53-,54-,55-,56-,57-,58-,59-,60-,61-,65-,66-;/m0./s1. The molecule has 0 radical (unpaired) electrons. The van der Waals surface area contributed by atoms with E-state index in [-0.39, 0.29) is 95.5 Å². The quantitative estimate of drug-likeness (QED) is 0.0164. The fourth-order valence-electron chi connectivity index (χ4n) is 13.0. The maximum absolute atomic E-state index is 14.8. The number of aliphatic hydroxyl groups excluding tert-OH is 1. The Bertz CT molecular complexity index is 4180. The number of carbonyl (C=O) groups is 21. The Hall–Kier alpha value is -13.0. The van der Waals surface area contributed by atoms with Crippen molar-refractivity contribution in [1.82, 2.24) is 90.4 Å². The topological polar surface area (TPSA) is 864 Å². The molecule has 0 heterocycles. The summed E-state index contributed by atoms with van der Waals surface area (Å²) in [7, 11) is 0. The minimum Gasteiger partial charge on any atom is -0.508 e. The molecule has 137 heavy (non-hydrogen) atoms. The molecule has 51 heteroatoms. The van der Waals surface area contributed by atoms with E-state index in [1.165, 1.54) is 52.0 Å². The third-order valence-corrected chi connectivity index (χ3v) is 21.0. The van der Waals surface area contributed by atoms with Gasteiger partial charge in [-0.3, -0.25) is 101 Å². The van der Waals surface area contributed by atoms with Gasteiger partial charge in [0.1, 0.15) is 102 Å². The van der Waals surface area contributed by atoms with Crippen molar-refractivity contribution in [1.29, 1.82) is 5.41 Å². The minimum absolute atomic E-state index is 0.00697. The van der Waals surface area contributed by atoms with E-state index in [1.54, 1.807) is 41.5 Å². The number of hydrogen-bond donors (Lipinski definition) is 30. The van der Waals surface area contributed by atoms with Crippen molar-refractivity contribution in [2.24, 2.45) is 52.2 Å². The number of nitrogens with one attached hydrogen (secondary N) is 18. The average Bonchev–Trinajstić information content (AvgIpc) is 0.857. The van der Waals surface area contributed by atoms with Crippen LogP contribution < -0.4 is 125 Å². The van der Waals surface area contributed by atoms with E-state index in [9.17, 15) is 121 Å². The molecule has 0 aliphatic rings. The fraction of sp³-hybridized carbons (Fsp3) is 0.674. The first kappa shape index (κ1) is 124. The lowest BCUT2D eigenvalue weighted by molar-refractivity contribution is -0.142. The van der Waals surface area contributed by atoms with Crippen LogP contribution in [0.4, 0.5) is 0 Å². The molecule has 0 aliphatic heterocycles. The zero-order valence-corrected chi connectivity index (χ0v) is 80.1. The summed E-state index contributed by atoms with van der Waals surface area (Å²) >= 11 is 0. The van der Waals surface area contributed by atoms with Crippen molar-refractivity contribution in [2.45, 2.75) is 327 Å². The molecular weight excluding hydrogens is 1800 g/mol. The molecule has 36 N–H and O–H groups in total. The normalized spacial score (nSPS) is 15.2. The number of unbranched alkanes of at least 4 members (excludes halogenated alkanes) is 3. The molecule has 1 rings (SSSR count). The van der Waals surface area contributed by atoms with Gasteiger partial charge in [-0.25, -0.2) is 4.79 Å². The molecule has 1 aromatic carbocycles. The molecule has 0 saturated heterocycles. The Morgan fingerprint density at radius 2 is 0.672 bits per heavy atom. The van der Waals surface area contributed by atoms with Crippen LogP contribution in [-0.4, -0.2) is 296 Å². The van der Waals surface area contributed by atoms with Crippen molar-refractivity contribution >= 4 is 130 Å². The second-order valence-corrected chi connectivity index (χ2v) is 34.3. The molecule has 774 valence electrons. The molecule has 0 unspecified atom stereocenters. The predicted octanol–water partition coefficient (Wildman–Crippen LogP) is -6.93. The number of hydrogen-bond acceptors (Lipinski definition) is 28. The van der Waals surface area contributed by atoms with E-state index in [2.05, 4.69) is 90.4 Å². The number of aliphatic carboxylic acids is 4. The lowest BCUT2D eigenvalue weighted by atomic mass is 9.96. The Morgan fingerprint density at radius 3 is 1.07 bits per heavy atom. The number of benzene rings is 1. The summed E-state index contributed by atoms with van der Waals surface area (Å²) in [6.07, 6.45) is -3.02. The molecule has 1 aromatic rings. The average molecular weight is 1950 g/mol. The summed E-state index contributed by atoms with van der Waals surface area (Å²) in [4.78, 5) is 281. The highest BCUT2D eigenvalue weighted by atomic mass is 16.4. The SMILES string of the molecule is CC(=O)O.CC[C@H](C)[C@H](NC(=O)[C@H](CC(C)C)NC(=O)[C@H](CC(=O)O)NC(=O)[C@H](C)NC(=O)[C@H](CCCNC(=N)N)NC(=O)[C@H](CCC(=O)O)NC(=O)[C@H](C)NC(=O)[C@@H](N)CCCCN)C(=O)N[C@@H](C)C(=O)N[C@@H](Cc1ccc(O)cc1)C(=O)N[C@@H](CC(C)C)C(=O)N[C@@H](CCCCN)C(=O)N[C@@H](CCC(N)=O)C(=O)N[C@@H](C)C(=O)N[C@H](C(=O)N[C@@H](C)C(=O)N[C@@H](CCCCN)C(=O)O)[C@@H](C)O. The third-order valence-electron chi connectivity index (χ3n) is 21.0. The molecule has 0 bridgehead atoms. The number of amides is 17. The number of aliphatic hydroxyl groups is 1. The minimum atomic E-state index is -1.98. The van der Waals surface area contributed by atoms with Gasteiger partial charge < -0.3 is 155 Å². The molecule has 51 nitrogen and oxygen atoms in total. The Morgan fingerprint density at radius 1 is 0.358 bits per heavy atom. The molecule has 0 saturated carbocycles. The monoisotopic (exact) mass is 1950 g/mol. The van der Waals surface area contributed by atoms with Crippen LogP contribution in [0.2, 0.25) is 0 Å². The Labute approximate surface area is 795 Å². The summed E-state index contributed by atoms with van der Waals surface area (Å²) in [5.41, 5.74) is 34.1.